The van der Waals surface area contributed by atoms with Crippen molar-refractivity contribution in [1.29, 1.82) is 0 Å². The predicted octanol–water partition coefficient (Wildman–Crippen LogP) is 3.48. The molecule has 0 spiro atoms. The summed E-state index contributed by atoms with van der Waals surface area (Å²) in [5.41, 5.74) is -1.24. The molecule has 0 bridgehead atoms. The van der Waals surface area contributed by atoms with Crippen molar-refractivity contribution in [3.05, 3.63) is 22.5 Å². The minimum absolute atomic E-state index is 0.0352. The number of hydrogen-bond acceptors (Lipinski definition) is 3. The van der Waals surface area contributed by atoms with Crippen LogP contribution in [0.4, 0.5) is 4.39 Å². The normalized spacial score (nSPS) is 17.8. The molecule has 0 atom stereocenters. The Morgan fingerprint density at radius 1 is 1.40 bits per heavy atom. The first kappa shape index (κ1) is 14.9. The van der Waals surface area contributed by atoms with Gasteiger partial charge in [0.25, 0.3) is 0 Å². The molecule has 0 aliphatic heterocycles. The van der Waals surface area contributed by atoms with E-state index in [4.69, 9.17) is 16.3 Å². The molecule has 1 aromatic carbocycles. The summed E-state index contributed by atoms with van der Waals surface area (Å²) in [5.74, 6) is -3.03. The number of halogens is 2. The molecule has 0 aromatic heterocycles. The molecule has 1 saturated carbocycles. The predicted molar refractivity (Wildman–Crippen MR) is 72.0 cm³/mol. The van der Waals surface area contributed by atoms with Crippen LogP contribution in [0.2, 0.25) is 5.02 Å². The van der Waals surface area contributed by atoms with Crippen LogP contribution in [0.3, 0.4) is 0 Å². The summed E-state index contributed by atoms with van der Waals surface area (Å²) in [4.78, 5) is 11.7. The van der Waals surface area contributed by atoms with Crippen molar-refractivity contribution < 1.29 is 24.1 Å². The van der Waals surface area contributed by atoms with Gasteiger partial charge in [0.15, 0.2) is 11.5 Å². The van der Waals surface area contributed by atoms with E-state index in [9.17, 15) is 19.4 Å². The van der Waals surface area contributed by atoms with E-state index >= 15 is 0 Å². The highest BCUT2D eigenvalue weighted by Crippen LogP contribution is 2.47. The van der Waals surface area contributed by atoms with Crippen LogP contribution in [0.15, 0.2) is 6.07 Å². The van der Waals surface area contributed by atoms with Gasteiger partial charge in [-0.05, 0) is 18.9 Å². The first-order chi connectivity index (χ1) is 9.44. The minimum atomic E-state index is -1.28. The molecule has 20 heavy (non-hydrogen) atoms. The SMILES string of the molecule is COc1c(Cl)cc(C2(C(=O)O)CCCCC2)c(O)c1F. The summed E-state index contributed by atoms with van der Waals surface area (Å²) in [7, 11) is 1.23. The second kappa shape index (κ2) is 5.48. The molecular formula is C14H16ClFO4. The van der Waals surface area contributed by atoms with Crippen LogP contribution in [-0.4, -0.2) is 23.3 Å². The van der Waals surface area contributed by atoms with Crippen molar-refractivity contribution in [3.8, 4) is 11.5 Å². The van der Waals surface area contributed by atoms with E-state index in [1.807, 2.05) is 0 Å². The molecule has 1 aliphatic carbocycles. The van der Waals surface area contributed by atoms with Crippen LogP contribution in [0.1, 0.15) is 37.7 Å². The summed E-state index contributed by atoms with van der Waals surface area (Å²) < 4.78 is 18.8. The summed E-state index contributed by atoms with van der Waals surface area (Å²) >= 11 is 5.92. The number of carboxylic acid groups (broad SMARTS) is 1. The van der Waals surface area contributed by atoms with Gasteiger partial charge in [-0.2, -0.15) is 4.39 Å². The molecule has 0 heterocycles. The van der Waals surface area contributed by atoms with Gasteiger partial charge in [-0.25, -0.2) is 0 Å². The number of benzene rings is 1. The lowest BCUT2D eigenvalue weighted by Crippen LogP contribution is -2.38. The van der Waals surface area contributed by atoms with Gasteiger partial charge in [0.2, 0.25) is 5.82 Å². The molecule has 1 aliphatic rings. The molecule has 4 nitrogen and oxygen atoms in total. The van der Waals surface area contributed by atoms with Gasteiger partial charge in [-0.3, -0.25) is 4.79 Å². The molecule has 6 heteroatoms. The molecule has 0 amide bonds. The Balaban J connectivity index is 2.63. The number of phenols is 1. The standard InChI is InChI=1S/C14H16ClFO4/c1-20-12-9(15)7-8(11(17)10(12)16)14(13(18)19)5-3-2-4-6-14/h7,17H,2-6H2,1H3,(H,18,19). The Morgan fingerprint density at radius 3 is 2.50 bits per heavy atom. The van der Waals surface area contributed by atoms with E-state index in [1.165, 1.54) is 13.2 Å². The molecular weight excluding hydrogens is 287 g/mol. The highest BCUT2D eigenvalue weighted by Gasteiger charge is 2.44. The zero-order valence-corrected chi connectivity index (χ0v) is 11.8. The van der Waals surface area contributed by atoms with Crippen molar-refractivity contribution in [2.75, 3.05) is 7.11 Å². The third-order valence-corrected chi connectivity index (χ3v) is 4.27. The lowest BCUT2D eigenvalue weighted by Gasteiger charge is -2.34. The highest BCUT2D eigenvalue weighted by atomic mass is 35.5. The summed E-state index contributed by atoms with van der Waals surface area (Å²) in [6, 6.07) is 1.30. The number of carbonyl (C=O) groups is 1. The Labute approximate surface area is 121 Å². The third kappa shape index (κ3) is 2.20. The number of hydrogen-bond donors (Lipinski definition) is 2. The van der Waals surface area contributed by atoms with E-state index in [-0.39, 0.29) is 16.3 Å². The van der Waals surface area contributed by atoms with Crippen LogP contribution >= 0.6 is 11.6 Å². The lowest BCUT2D eigenvalue weighted by molar-refractivity contribution is -0.145. The summed E-state index contributed by atoms with van der Waals surface area (Å²) in [6.07, 6.45) is 3.09. The quantitative estimate of drug-likeness (QED) is 0.897. The average Bonchev–Trinajstić information content (AvgIpc) is 2.44. The summed E-state index contributed by atoms with van der Waals surface area (Å²) in [5, 5.41) is 19.6. The smallest absolute Gasteiger partial charge is 0.314 e. The van der Waals surface area contributed by atoms with Gasteiger partial charge in [0.1, 0.15) is 0 Å². The van der Waals surface area contributed by atoms with E-state index in [0.717, 1.165) is 19.3 Å². The molecule has 0 radical (unpaired) electrons. The highest BCUT2D eigenvalue weighted by molar-refractivity contribution is 6.32. The largest absolute Gasteiger partial charge is 0.505 e. The van der Waals surface area contributed by atoms with Crippen molar-refractivity contribution >= 4 is 17.6 Å². The van der Waals surface area contributed by atoms with E-state index in [1.54, 1.807) is 0 Å². The van der Waals surface area contributed by atoms with Crippen molar-refractivity contribution in [2.24, 2.45) is 0 Å². The Bertz CT molecular complexity index is 538. The molecule has 0 saturated heterocycles. The van der Waals surface area contributed by atoms with Gasteiger partial charge in [-0.15, -0.1) is 0 Å². The Kier molecular flexibility index (Phi) is 4.09. The maximum absolute atomic E-state index is 14.1. The molecule has 1 aromatic rings. The number of ether oxygens (including phenoxy) is 1. The number of methoxy groups -OCH3 is 1. The van der Waals surface area contributed by atoms with Gasteiger partial charge in [0, 0.05) is 5.56 Å². The van der Waals surface area contributed by atoms with Gasteiger partial charge in [-0.1, -0.05) is 30.9 Å². The zero-order chi connectivity index (χ0) is 14.9. The molecule has 1 fully saturated rings. The average molecular weight is 303 g/mol. The monoisotopic (exact) mass is 302 g/mol. The van der Waals surface area contributed by atoms with Crippen LogP contribution in [-0.2, 0) is 10.2 Å². The van der Waals surface area contributed by atoms with Crippen molar-refractivity contribution in [3.63, 3.8) is 0 Å². The second-order valence-electron chi connectivity index (χ2n) is 5.05. The summed E-state index contributed by atoms with van der Waals surface area (Å²) in [6.45, 7) is 0. The number of rotatable bonds is 3. The minimum Gasteiger partial charge on any atom is -0.505 e. The first-order valence-electron chi connectivity index (χ1n) is 6.43. The van der Waals surface area contributed by atoms with Crippen LogP contribution in [0.25, 0.3) is 0 Å². The number of aromatic hydroxyl groups is 1. The van der Waals surface area contributed by atoms with Crippen molar-refractivity contribution in [2.45, 2.75) is 37.5 Å². The molecule has 110 valence electrons. The van der Waals surface area contributed by atoms with Gasteiger partial charge >= 0.3 is 5.97 Å². The van der Waals surface area contributed by atoms with E-state index in [0.29, 0.717) is 12.8 Å². The number of aliphatic carboxylic acids is 1. The first-order valence-corrected chi connectivity index (χ1v) is 6.80. The topological polar surface area (TPSA) is 66.8 Å². The van der Waals surface area contributed by atoms with Crippen LogP contribution in [0.5, 0.6) is 11.5 Å². The Morgan fingerprint density at radius 2 is 2.00 bits per heavy atom. The number of carboxylic acids is 1. The molecule has 0 unspecified atom stereocenters. The van der Waals surface area contributed by atoms with Gasteiger partial charge in [0.05, 0.1) is 17.5 Å². The Hall–Kier alpha value is -1.49. The third-order valence-electron chi connectivity index (χ3n) is 3.99. The van der Waals surface area contributed by atoms with Crippen molar-refractivity contribution in [1.82, 2.24) is 0 Å². The fraction of sp³-hybridized carbons (Fsp3) is 0.500. The maximum atomic E-state index is 14.1. The van der Waals surface area contributed by atoms with E-state index in [2.05, 4.69) is 0 Å². The lowest BCUT2D eigenvalue weighted by atomic mass is 9.69. The van der Waals surface area contributed by atoms with E-state index < -0.39 is 23.0 Å². The maximum Gasteiger partial charge on any atom is 0.314 e. The second-order valence-corrected chi connectivity index (χ2v) is 5.46. The molecule has 2 N–H and O–H groups in total. The number of phenolic OH excluding ortho intramolecular Hbond substituents is 1. The van der Waals surface area contributed by atoms with Crippen LogP contribution in [0, 0.1) is 5.82 Å². The zero-order valence-electron chi connectivity index (χ0n) is 11.1. The van der Waals surface area contributed by atoms with Crippen LogP contribution < -0.4 is 4.74 Å². The van der Waals surface area contributed by atoms with Gasteiger partial charge < -0.3 is 14.9 Å². The fourth-order valence-electron chi connectivity index (χ4n) is 2.90. The molecule has 2 rings (SSSR count). The fourth-order valence-corrected chi connectivity index (χ4v) is 3.17.